The summed E-state index contributed by atoms with van der Waals surface area (Å²) in [6.45, 7) is 10.5. The zero-order valence-corrected chi connectivity index (χ0v) is 18.3. The minimum Gasteiger partial charge on any atom is -0.357 e. The van der Waals surface area contributed by atoms with Gasteiger partial charge in [0.1, 0.15) is 6.73 Å². The molecule has 0 amide bonds. The van der Waals surface area contributed by atoms with Crippen LogP contribution in [0.1, 0.15) is 40.4 Å². The molecular weight excluding hydrogens is 388 g/mol. The average Bonchev–Trinajstić information content (AvgIpc) is 2.74. The molecule has 1 heterocycles. The van der Waals surface area contributed by atoms with Crippen LogP contribution >= 0.6 is 0 Å². The van der Waals surface area contributed by atoms with Gasteiger partial charge in [0.05, 0.1) is 12.3 Å². The molecule has 0 radical (unpaired) electrons. The highest BCUT2D eigenvalue weighted by molar-refractivity contribution is 5.78. The second kappa shape index (κ2) is 10.0. The van der Waals surface area contributed by atoms with Crippen molar-refractivity contribution >= 4 is 11.6 Å². The van der Waals surface area contributed by atoms with E-state index < -0.39 is 5.69 Å². The van der Waals surface area contributed by atoms with E-state index in [1.807, 2.05) is 75.4 Å². The Kier molecular flexibility index (Phi) is 7.21. The fourth-order valence-corrected chi connectivity index (χ4v) is 3.65. The first kappa shape index (κ1) is 22.2. The van der Waals surface area contributed by atoms with Crippen LogP contribution in [0, 0.1) is 13.8 Å². The third-order valence-electron chi connectivity index (χ3n) is 5.05. The van der Waals surface area contributed by atoms with Gasteiger partial charge in [0, 0.05) is 5.56 Å². The standard InChI is InChI=1S/C26H28N2O3/c1-5-23-24(20(4)22-15-18(2)14-19(3)16-22)28(26(30)27-25(23)29)17-31-13-9-12-21-10-7-6-8-11-21/h6-12,14-16H,4-5,13,17H2,1-3H3,(H,27,29,30)/b12-9+. The minimum absolute atomic E-state index is 0.0148. The van der Waals surface area contributed by atoms with Gasteiger partial charge in [-0.05, 0) is 37.0 Å². The monoisotopic (exact) mass is 416 g/mol. The second-order valence-electron chi connectivity index (χ2n) is 7.54. The number of H-pyrrole nitrogens is 1. The number of aryl methyl sites for hydroxylation is 2. The number of aromatic amines is 1. The summed E-state index contributed by atoms with van der Waals surface area (Å²) in [4.78, 5) is 27.5. The predicted molar refractivity (Wildman–Crippen MR) is 126 cm³/mol. The molecule has 160 valence electrons. The Morgan fingerprint density at radius 1 is 1.10 bits per heavy atom. The lowest BCUT2D eigenvalue weighted by Gasteiger charge is -2.18. The van der Waals surface area contributed by atoms with Crippen molar-refractivity contribution < 1.29 is 4.74 Å². The summed E-state index contributed by atoms with van der Waals surface area (Å²) < 4.78 is 7.20. The fraction of sp³-hybridized carbons (Fsp3) is 0.231. The predicted octanol–water partition coefficient (Wildman–Crippen LogP) is 4.46. The molecule has 0 fully saturated rings. The third kappa shape index (κ3) is 5.38. The van der Waals surface area contributed by atoms with Crippen molar-refractivity contribution in [2.45, 2.75) is 33.9 Å². The lowest BCUT2D eigenvalue weighted by atomic mass is 9.96. The topological polar surface area (TPSA) is 64.1 Å². The van der Waals surface area contributed by atoms with Gasteiger partial charge in [0.25, 0.3) is 5.56 Å². The Morgan fingerprint density at radius 3 is 2.42 bits per heavy atom. The highest BCUT2D eigenvalue weighted by atomic mass is 16.5. The molecule has 0 aliphatic rings. The van der Waals surface area contributed by atoms with Gasteiger partial charge in [-0.3, -0.25) is 14.3 Å². The van der Waals surface area contributed by atoms with Gasteiger partial charge < -0.3 is 4.74 Å². The molecule has 0 atom stereocenters. The Hall–Kier alpha value is -3.44. The molecule has 0 aliphatic heterocycles. The molecule has 0 saturated heterocycles. The number of aromatic nitrogens is 2. The van der Waals surface area contributed by atoms with Crippen LogP contribution in [-0.2, 0) is 17.9 Å². The molecule has 0 saturated carbocycles. The van der Waals surface area contributed by atoms with E-state index in [0.717, 1.165) is 22.3 Å². The molecule has 0 bridgehead atoms. The van der Waals surface area contributed by atoms with Gasteiger partial charge in [0.2, 0.25) is 0 Å². The number of benzene rings is 2. The van der Waals surface area contributed by atoms with E-state index in [-0.39, 0.29) is 12.3 Å². The highest BCUT2D eigenvalue weighted by Gasteiger charge is 2.18. The first-order chi connectivity index (χ1) is 14.9. The van der Waals surface area contributed by atoms with Crippen molar-refractivity contribution in [3.63, 3.8) is 0 Å². The molecule has 1 aromatic heterocycles. The minimum atomic E-state index is -0.505. The molecule has 1 N–H and O–H groups in total. The molecule has 2 aromatic carbocycles. The Morgan fingerprint density at radius 2 is 1.77 bits per heavy atom. The van der Waals surface area contributed by atoms with Crippen LogP contribution in [0.2, 0.25) is 0 Å². The SMILES string of the molecule is C=C(c1cc(C)cc(C)c1)c1c(CC)c(=O)[nH]c(=O)n1COC/C=C/c1ccccc1. The van der Waals surface area contributed by atoms with Crippen LogP contribution in [-0.4, -0.2) is 16.2 Å². The van der Waals surface area contributed by atoms with Crippen LogP contribution in [0.25, 0.3) is 11.6 Å². The highest BCUT2D eigenvalue weighted by Crippen LogP contribution is 2.25. The molecule has 0 spiro atoms. The van der Waals surface area contributed by atoms with Crippen LogP contribution < -0.4 is 11.2 Å². The molecule has 0 unspecified atom stereocenters. The van der Waals surface area contributed by atoms with Gasteiger partial charge in [-0.2, -0.15) is 0 Å². The first-order valence-electron chi connectivity index (χ1n) is 10.3. The van der Waals surface area contributed by atoms with Gasteiger partial charge in [-0.15, -0.1) is 0 Å². The number of ether oxygens (including phenoxy) is 1. The van der Waals surface area contributed by atoms with Gasteiger partial charge in [-0.1, -0.05) is 85.3 Å². The summed E-state index contributed by atoms with van der Waals surface area (Å²) in [5.41, 5.74) is 4.93. The van der Waals surface area contributed by atoms with Crippen LogP contribution in [0.15, 0.2) is 70.8 Å². The van der Waals surface area contributed by atoms with Crippen LogP contribution in [0.4, 0.5) is 0 Å². The summed E-state index contributed by atoms with van der Waals surface area (Å²) in [6.07, 6.45) is 4.33. The smallest absolute Gasteiger partial charge is 0.330 e. The maximum absolute atomic E-state index is 12.7. The van der Waals surface area contributed by atoms with Gasteiger partial charge >= 0.3 is 5.69 Å². The Labute approximate surface area is 182 Å². The molecule has 5 nitrogen and oxygen atoms in total. The van der Waals surface area contributed by atoms with E-state index in [4.69, 9.17) is 4.74 Å². The summed E-state index contributed by atoms with van der Waals surface area (Å²) >= 11 is 0. The summed E-state index contributed by atoms with van der Waals surface area (Å²) in [7, 11) is 0. The maximum Gasteiger partial charge on any atom is 0.330 e. The molecule has 0 aliphatic carbocycles. The third-order valence-corrected chi connectivity index (χ3v) is 5.05. The fourth-order valence-electron chi connectivity index (χ4n) is 3.65. The lowest BCUT2D eigenvalue weighted by molar-refractivity contribution is 0.0959. The molecular formula is C26H28N2O3. The van der Waals surface area contributed by atoms with Crippen molar-refractivity contribution in [3.8, 4) is 0 Å². The normalized spacial score (nSPS) is 11.2. The Balaban J connectivity index is 1.91. The molecule has 3 rings (SSSR count). The van der Waals surface area contributed by atoms with E-state index >= 15 is 0 Å². The number of rotatable bonds is 8. The van der Waals surface area contributed by atoms with Gasteiger partial charge in [0.15, 0.2) is 0 Å². The summed E-state index contributed by atoms with van der Waals surface area (Å²) in [5, 5.41) is 0. The number of nitrogens with one attached hydrogen (secondary N) is 1. The van der Waals surface area contributed by atoms with Crippen molar-refractivity contribution in [2.75, 3.05) is 6.61 Å². The number of hydrogen-bond acceptors (Lipinski definition) is 3. The van der Waals surface area contributed by atoms with Crippen molar-refractivity contribution in [3.05, 3.63) is 116 Å². The number of nitrogens with zero attached hydrogens (tertiary/aromatic N) is 1. The van der Waals surface area contributed by atoms with E-state index in [9.17, 15) is 9.59 Å². The summed E-state index contributed by atoms with van der Waals surface area (Å²) in [6, 6.07) is 16.0. The first-order valence-corrected chi connectivity index (χ1v) is 10.3. The second-order valence-corrected chi connectivity index (χ2v) is 7.54. The lowest BCUT2D eigenvalue weighted by Crippen LogP contribution is -2.36. The molecule has 5 heteroatoms. The quantitative estimate of drug-likeness (QED) is 0.551. The van der Waals surface area contributed by atoms with Gasteiger partial charge in [-0.25, -0.2) is 4.79 Å². The largest absolute Gasteiger partial charge is 0.357 e. The van der Waals surface area contributed by atoms with E-state index in [1.165, 1.54) is 4.57 Å². The maximum atomic E-state index is 12.7. The zero-order chi connectivity index (χ0) is 22.4. The van der Waals surface area contributed by atoms with E-state index in [1.54, 1.807) is 0 Å². The Bertz CT molecular complexity index is 1200. The summed E-state index contributed by atoms with van der Waals surface area (Å²) in [5.74, 6) is 0. The van der Waals surface area contributed by atoms with E-state index in [2.05, 4.69) is 17.6 Å². The average molecular weight is 417 g/mol. The molecule has 3 aromatic rings. The van der Waals surface area contributed by atoms with Crippen LogP contribution in [0.5, 0.6) is 0 Å². The number of hydrogen-bond donors (Lipinski definition) is 1. The zero-order valence-electron chi connectivity index (χ0n) is 18.3. The van der Waals surface area contributed by atoms with Crippen molar-refractivity contribution in [2.24, 2.45) is 0 Å². The van der Waals surface area contributed by atoms with Crippen molar-refractivity contribution in [1.29, 1.82) is 0 Å². The molecule has 31 heavy (non-hydrogen) atoms. The van der Waals surface area contributed by atoms with Crippen molar-refractivity contribution in [1.82, 2.24) is 9.55 Å². The van der Waals surface area contributed by atoms with E-state index in [0.29, 0.717) is 29.9 Å². The van der Waals surface area contributed by atoms with Crippen LogP contribution in [0.3, 0.4) is 0 Å².